The van der Waals surface area contributed by atoms with Gasteiger partial charge in [-0.2, -0.15) is 0 Å². The number of sulfonamides is 1. The topological polar surface area (TPSA) is 86.8 Å². The average Bonchev–Trinajstić information content (AvgIpc) is 2.88. The van der Waals surface area contributed by atoms with Gasteiger partial charge in [-0.15, -0.1) is 0 Å². The molecule has 1 N–H and O–H groups in total. The molecule has 0 aromatic heterocycles. The van der Waals surface area contributed by atoms with Crippen molar-refractivity contribution in [2.75, 3.05) is 17.4 Å². The summed E-state index contributed by atoms with van der Waals surface area (Å²) in [6, 6.07) is 21.3. The Balaban J connectivity index is 2.04. The number of nitrogens with zero attached hydrogens (tertiary/aromatic N) is 2. The number of aryl methyl sites for hydroxylation is 1. The molecule has 2 amide bonds. The van der Waals surface area contributed by atoms with Crippen LogP contribution < -0.4 is 9.62 Å². The molecule has 3 rings (SSSR count). The van der Waals surface area contributed by atoms with Crippen LogP contribution in [0.25, 0.3) is 0 Å². The molecule has 0 fully saturated rings. The quantitative estimate of drug-likeness (QED) is 0.378. The Morgan fingerprint density at radius 2 is 1.54 bits per heavy atom. The van der Waals surface area contributed by atoms with Gasteiger partial charge in [0.05, 0.1) is 10.6 Å². The van der Waals surface area contributed by atoms with E-state index in [1.54, 1.807) is 24.3 Å². The summed E-state index contributed by atoms with van der Waals surface area (Å²) >= 11 is 5.98. The van der Waals surface area contributed by atoms with Gasteiger partial charge < -0.3 is 10.2 Å². The number of halogens is 1. The molecule has 1 atom stereocenters. The van der Waals surface area contributed by atoms with Crippen molar-refractivity contribution in [1.29, 1.82) is 0 Å². The van der Waals surface area contributed by atoms with Crippen molar-refractivity contribution in [2.24, 2.45) is 0 Å². The molecule has 0 heterocycles. The molecule has 0 aliphatic carbocycles. The molecule has 9 heteroatoms. The molecule has 7 nitrogen and oxygen atoms in total. The fraction of sp³-hybridized carbons (Fsp3) is 0.286. The molecule has 3 aromatic rings. The van der Waals surface area contributed by atoms with Gasteiger partial charge >= 0.3 is 0 Å². The van der Waals surface area contributed by atoms with Crippen LogP contribution in [0.2, 0.25) is 5.02 Å². The lowest BCUT2D eigenvalue weighted by Gasteiger charge is -2.33. The third-order valence-corrected chi connectivity index (χ3v) is 7.98. The van der Waals surface area contributed by atoms with Gasteiger partial charge in [-0.1, -0.05) is 66.6 Å². The van der Waals surface area contributed by atoms with Crippen LogP contribution in [0.3, 0.4) is 0 Å². The van der Waals surface area contributed by atoms with E-state index < -0.39 is 28.5 Å². The summed E-state index contributed by atoms with van der Waals surface area (Å²) in [5.41, 5.74) is 2.13. The normalized spacial score (nSPS) is 12.0. The SMILES string of the molecule is CCNC(=O)[C@@H](CC)N(Cc1ccccc1)C(=O)CN(c1ccc(C)cc1)S(=O)(=O)c1ccc(Cl)cc1. The first-order chi connectivity index (χ1) is 17.7. The van der Waals surface area contributed by atoms with Gasteiger partial charge in [0, 0.05) is 18.1 Å². The number of anilines is 1. The number of carbonyl (C=O) groups is 2. The van der Waals surface area contributed by atoms with Gasteiger partial charge in [-0.05, 0) is 62.2 Å². The highest BCUT2D eigenvalue weighted by molar-refractivity contribution is 7.92. The molecule has 0 bridgehead atoms. The number of nitrogens with one attached hydrogen (secondary N) is 1. The van der Waals surface area contributed by atoms with E-state index in [1.165, 1.54) is 29.2 Å². The minimum Gasteiger partial charge on any atom is -0.355 e. The zero-order valence-electron chi connectivity index (χ0n) is 21.2. The van der Waals surface area contributed by atoms with Gasteiger partial charge in [0.2, 0.25) is 11.8 Å². The van der Waals surface area contributed by atoms with Crippen molar-refractivity contribution in [2.45, 2.75) is 44.7 Å². The maximum atomic E-state index is 13.9. The molecule has 0 saturated heterocycles. The lowest BCUT2D eigenvalue weighted by atomic mass is 10.1. The van der Waals surface area contributed by atoms with Crippen LogP contribution in [0.1, 0.15) is 31.4 Å². The van der Waals surface area contributed by atoms with Crippen LogP contribution in [0.5, 0.6) is 0 Å². The van der Waals surface area contributed by atoms with Crippen molar-refractivity contribution in [3.8, 4) is 0 Å². The molecule has 0 unspecified atom stereocenters. The number of carbonyl (C=O) groups excluding carboxylic acids is 2. The zero-order valence-corrected chi connectivity index (χ0v) is 22.8. The van der Waals surface area contributed by atoms with Gasteiger partial charge in [0.15, 0.2) is 0 Å². The Hall–Kier alpha value is -3.36. The Morgan fingerprint density at radius 3 is 2.11 bits per heavy atom. The number of hydrogen-bond acceptors (Lipinski definition) is 4. The van der Waals surface area contributed by atoms with Crippen LogP contribution in [0.4, 0.5) is 5.69 Å². The largest absolute Gasteiger partial charge is 0.355 e. The highest BCUT2D eigenvalue weighted by Crippen LogP contribution is 2.26. The zero-order chi connectivity index (χ0) is 27.0. The minimum absolute atomic E-state index is 0.00986. The summed E-state index contributed by atoms with van der Waals surface area (Å²) < 4.78 is 28.6. The Bertz CT molecular complexity index is 1300. The van der Waals surface area contributed by atoms with Crippen LogP contribution in [0.15, 0.2) is 83.8 Å². The van der Waals surface area contributed by atoms with Crippen molar-refractivity contribution in [3.63, 3.8) is 0 Å². The Kier molecular flexibility index (Phi) is 9.72. The molecule has 0 saturated carbocycles. The van der Waals surface area contributed by atoms with E-state index in [4.69, 9.17) is 11.6 Å². The standard InChI is InChI=1S/C28H32ClN3O4S/c1-4-26(28(34)30-5-2)31(19-22-9-7-6-8-10-22)27(33)20-32(24-15-11-21(3)12-16-24)37(35,36)25-17-13-23(29)14-18-25/h6-18,26H,4-5,19-20H2,1-3H3,(H,30,34)/t26-/m1/s1. The smallest absolute Gasteiger partial charge is 0.264 e. The fourth-order valence-electron chi connectivity index (χ4n) is 3.97. The van der Waals surface area contributed by atoms with E-state index in [-0.39, 0.29) is 17.3 Å². The molecule has 196 valence electrons. The first-order valence-corrected chi connectivity index (χ1v) is 13.9. The minimum atomic E-state index is -4.12. The van der Waals surface area contributed by atoms with Crippen molar-refractivity contribution in [1.82, 2.24) is 10.2 Å². The lowest BCUT2D eigenvalue weighted by Crippen LogP contribution is -2.52. The van der Waals surface area contributed by atoms with E-state index in [9.17, 15) is 18.0 Å². The second-order valence-corrected chi connectivity index (χ2v) is 10.9. The van der Waals surface area contributed by atoms with Crippen molar-refractivity contribution in [3.05, 3.63) is 95.0 Å². The fourth-order valence-corrected chi connectivity index (χ4v) is 5.51. The predicted octanol–water partition coefficient (Wildman–Crippen LogP) is 4.79. The van der Waals surface area contributed by atoms with Crippen LogP contribution >= 0.6 is 11.6 Å². The number of hydrogen-bond donors (Lipinski definition) is 1. The number of benzene rings is 3. The second-order valence-electron chi connectivity index (χ2n) is 8.63. The Labute approximate surface area is 224 Å². The Morgan fingerprint density at radius 1 is 0.919 bits per heavy atom. The summed E-state index contributed by atoms with van der Waals surface area (Å²) in [7, 11) is -4.12. The van der Waals surface area contributed by atoms with Gasteiger partial charge in [0.1, 0.15) is 12.6 Å². The monoisotopic (exact) mass is 541 g/mol. The molecule has 0 spiro atoms. The second kappa shape index (κ2) is 12.7. The molecule has 37 heavy (non-hydrogen) atoms. The summed E-state index contributed by atoms with van der Waals surface area (Å²) in [4.78, 5) is 28.2. The summed E-state index contributed by atoms with van der Waals surface area (Å²) in [6.45, 7) is 5.64. The third-order valence-electron chi connectivity index (χ3n) is 5.94. The highest BCUT2D eigenvalue weighted by Gasteiger charge is 2.33. The van der Waals surface area contributed by atoms with E-state index in [0.29, 0.717) is 23.7 Å². The molecule has 3 aromatic carbocycles. The number of amides is 2. The van der Waals surface area contributed by atoms with Crippen LogP contribution in [-0.2, 0) is 26.2 Å². The third kappa shape index (κ3) is 7.11. The first kappa shape index (κ1) is 28.2. The first-order valence-electron chi connectivity index (χ1n) is 12.1. The van der Waals surface area contributed by atoms with E-state index in [1.807, 2.05) is 51.1 Å². The molecule has 0 aliphatic rings. The van der Waals surface area contributed by atoms with Crippen molar-refractivity contribution >= 4 is 39.1 Å². The van der Waals surface area contributed by atoms with Gasteiger partial charge in [-0.3, -0.25) is 13.9 Å². The van der Waals surface area contributed by atoms with Crippen LogP contribution in [-0.4, -0.2) is 44.3 Å². The van der Waals surface area contributed by atoms with E-state index in [2.05, 4.69) is 5.32 Å². The lowest BCUT2D eigenvalue weighted by molar-refractivity contribution is -0.140. The van der Waals surface area contributed by atoms with Crippen molar-refractivity contribution < 1.29 is 18.0 Å². The molecular weight excluding hydrogens is 510 g/mol. The number of likely N-dealkylation sites (N-methyl/N-ethyl adjacent to an activating group) is 1. The predicted molar refractivity (Wildman–Crippen MR) is 147 cm³/mol. The number of rotatable bonds is 11. The summed E-state index contributed by atoms with van der Waals surface area (Å²) in [6.07, 6.45) is 0.374. The summed E-state index contributed by atoms with van der Waals surface area (Å²) in [5.74, 6) is -0.767. The maximum Gasteiger partial charge on any atom is 0.264 e. The molecule has 0 aliphatic heterocycles. The maximum absolute atomic E-state index is 13.9. The van der Waals surface area contributed by atoms with Gasteiger partial charge in [0.25, 0.3) is 10.0 Å². The van der Waals surface area contributed by atoms with E-state index in [0.717, 1.165) is 15.4 Å². The van der Waals surface area contributed by atoms with Gasteiger partial charge in [-0.25, -0.2) is 8.42 Å². The average molecular weight is 542 g/mol. The van der Waals surface area contributed by atoms with Crippen LogP contribution in [0, 0.1) is 6.92 Å². The van der Waals surface area contributed by atoms with E-state index >= 15 is 0 Å². The molecule has 0 radical (unpaired) electrons. The molecular formula is C28H32ClN3O4S. The summed E-state index contributed by atoms with van der Waals surface area (Å²) in [5, 5.41) is 3.19. The highest BCUT2D eigenvalue weighted by atomic mass is 35.5.